The molecule has 0 spiro atoms. The summed E-state index contributed by atoms with van der Waals surface area (Å²) in [5, 5.41) is 20.3. The minimum Gasteiger partial charge on any atom is -0.502 e. The lowest BCUT2D eigenvalue weighted by atomic mass is 9.89. The third kappa shape index (κ3) is 1.42. The van der Waals surface area contributed by atoms with E-state index in [1.165, 1.54) is 6.07 Å². The number of ketones is 2. The molecule has 0 saturated carbocycles. The molecule has 1 aromatic rings. The zero-order valence-corrected chi connectivity index (χ0v) is 8.76. The minimum absolute atomic E-state index is 0.0283. The van der Waals surface area contributed by atoms with Gasteiger partial charge in [-0.15, -0.1) is 0 Å². The number of Topliss-reactive ketones (excluding diaryl/α,β-unsaturated/α-hetero) is 2. The van der Waals surface area contributed by atoms with E-state index in [4.69, 9.17) is 0 Å². The van der Waals surface area contributed by atoms with Gasteiger partial charge >= 0.3 is 11.5 Å². The summed E-state index contributed by atoms with van der Waals surface area (Å²) in [4.78, 5) is 32.8. The number of carbonyl (C=O) groups is 2. The van der Waals surface area contributed by atoms with E-state index in [1.807, 2.05) is 0 Å². The molecule has 6 nitrogen and oxygen atoms in total. The molecule has 1 aromatic carbocycles. The van der Waals surface area contributed by atoms with Gasteiger partial charge in [-0.25, -0.2) is 0 Å². The average molecular weight is 233 g/mol. The van der Waals surface area contributed by atoms with Crippen LogP contribution in [0.2, 0.25) is 0 Å². The van der Waals surface area contributed by atoms with Crippen LogP contribution >= 0.6 is 0 Å². The predicted octanol–water partition coefficient (Wildman–Crippen LogP) is 1.26. The molecule has 0 saturated heterocycles. The number of aryl methyl sites for hydroxylation is 1. The first-order valence-electron chi connectivity index (χ1n) is 4.71. The van der Waals surface area contributed by atoms with Gasteiger partial charge in [0.05, 0.1) is 4.92 Å². The fraction of sp³-hybridized carbons (Fsp3) is 0.0909. The summed E-state index contributed by atoms with van der Waals surface area (Å²) in [6.07, 6.45) is 0. The zero-order valence-electron chi connectivity index (χ0n) is 8.76. The van der Waals surface area contributed by atoms with E-state index >= 15 is 0 Å². The Labute approximate surface area is 95.3 Å². The van der Waals surface area contributed by atoms with Gasteiger partial charge in [-0.2, -0.15) is 0 Å². The Morgan fingerprint density at radius 1 is 1.24 bits per heavy atom. The summed E-state index contributed by atoms with van der Waals surface area (Å²) in [5.74, 6) is -2.99. The topological polar surface area (TPSA) is 97.5 Å². The van der Waals surface area contributed by atoms with Gasteiger partial charge in [-0.05, 0) is 12.5 Å². The van der Waals surface area contributed by atoms with Crippen molar-refractivity contribution in [3.05, 3.63) is 50.7 Å². The summed E-state index contributed by atoms with van der Waals surface area (Å²) in [6.45, 7) is 1.59. The molecular formula is C11H7NO5. The fourth-order valence-electron chi connectivity index (χ4n) is 1.79. The second kappa shape index (κ2) is 3.51. The van der Waals surface area contributed by atoms with Crippen LogP contribution < -0.4 is 0 Å². The van der Waals surface area contributed by atoms with Crippen LogP contribution in [-0.4, -0.2) is 21.6 Å². The number of nitrogens with zero attached hydrogens (tertiary/aromatic N) is 1. The molecule has 1 aliphatic rings. The van der Waals surface area contributed by atoms with Crippen molar-refractivity contribution in [2.45, 2.75) is 6.92 Å². The van der Waals surface area contributed by atoms with E-state index in [1.54, 1.807) is 19.1 Å². The van der Waals surface area contributed by atoms with E-state index in [-0.39, 0.29) is 11.1 Å². The van der Waals surface area contributed by atoms with Crippen molar-refractivity contribution in [3.63, 3.8) is 0 Å². The Morgan fingerprint density at radius 3 is 2.47 bits per heavy atom. The molecular weight excluding hydrogens is 226 g/mol. The first kappa shape index (κ1) is 11.0. The number of nitro groups is 1. The van der Waals surface area contributed by atoms with E-state index in [9.17, 15) is 24.8 Å². The molecule has 0 unspecified atom stereocenters. The molecule has 86 valence electrons. The van der Waals surface area contributed by atoms with Gasteiger partial charge in [-0.3, -0.25) is 19.7 Å². The van der Waals surface area contributed by atoms with Gasteiger partial charge in [0.2, 0.25) is 11.5 Å². The summed E-state index contributed by atoms with van der Waals surface area (Å²) in [6, 6.07) is 4.50. The molecule has 0 aromatic heterocycles. The van der Waals surface area contributed by atoms with E-state index in [2.05, 4.69) is 0 Å². The van der Waals surface area contributed by atoms with Crippen LogP contribution in [0.4, 0.5) is 0 Å². The maximum absolute atomic E-state index is 11.7. The number of allylic oxidation sites excluding steroid dienone is 1. The number of benzene rings is 1. The Kier molecular flexibility index (Phi) is 2.27. The maximum atomic E-state index is 11.7. The number of rotatable bonds is 1. The van der Waals surface area contributed by atoms with Gasteiger partial charge in [-0.1, -0.05) is 18.2 Å². The normalized spacial score (nSPS) is 14.9. The van der Waals surface area contributed by atoms with Crippen molar-refractivity contribution in [3.8, 4) is 0 Å². The molecule has 0 amide bonds. The first-order valence-corrected chi connectivity index (χ1v) is 4.71. The number of aliphatic hydroxyl groups is 1. The van der Waals surface area contributed by atoms with Crippen LogP contribution in [0, 0.1) is 17.0 Å². The second-order valence-electron chi connectivity index (χ2n) is 3.61. The Hall–Kier alpha value is -2.50. The van der Waals surface area contributed by atoms with Gasteiger partial charge in [0.1, 0.15) is 0 Å². The van der Waals surface area contributed by atoms with E-state index in [0.29, 0.717) is 5.56 Å². The molecule has 1 aliphatic carbocycles. The highest BCUT2D eigenvalue weighted by Gasteiger charge is 2.41. The SMILES string of the molecule is Cc1cccc2c1C(=O)C(=O)C([N+](=O)[O-])=C2O. The van der Waals surface area contributed by atoms with Crippen molar-refractivity contribution < 1.29 is 19.6 Å². The molecule has 17 heavy (non-hydrogen) atoms. The summed E-state index contributed by atoms with van der Waals surface area (Å²) in [7, 11) is 0. The highest BCUT2D eigenvalue weighted by Crippen LogP contribution is 2.29. The predicted molar refractivity (Wildman–Crippen MR) is 57.1 cm³/mol. The first-order chi connectivity index (χ1) is 7.95. The number of aliphatic hydroxyl groups excluding tert-OH is 1. The van der Waals surface area contributed by atoms with Gasteiger partial charge in [0.25, 0.3) is 0 Å². The Bertz CT molecular complexity index is 600. The van der Waals surface area contributed by atoms with Crippen LogP contribution in [0.3, 0.4) is 0 Å². The van der Waals surface area contributed by atoms with Crippen LogP contribution in [-0.2, 0) is 4.79 Å². The molecule has 0 aliphatic heterocycles. The van der Waals surface area contributed by atoms with Crippen molar-refractivity contribution in [1.82, 2.24) is 0 Å². The Balaban J connectivity index is 2.84. The third-order valence-corrected chi connectivity index (χ3v) is 2.58. The third-order valence-electron chi connectivity index (χ3n) is 2.58. The molecule has 6 heteroatoms. The highest BCUT2D eigenvalue weighted by atomic mass is 16.6. The summed E-state index contributed by atoms with van der Waals surface area (Å²) >= 11 is 0. The quantitative estimate of drug-likeness (QED) is 0.447. The van der Waals surface area contributed by atoms with Crippen molar-refractivity contribution >= 4 is 17.3 Å². The van der Waals surface area contributed by atoms with Crippen molar-refractivity contribution in [2.24, 2.45) is 0 Å². The standard InChI is InChI=1S/C11H7NO5/c1-5-3-2-4-6-7(5)10(14)11(15)8(9(6)13)12(16)17/h2-4,13H,1H3. The molecule has 2 rings (SSSR count). The molecule has 0 heterocycles. The van der Waals surface area contributed by atoms with E-state index in [0.717, 1.165) is 0 Å². The second-order valence-corrected chi connectivity index (χ2v) is 3.61. The lowest BCUT2D eigenvalue weighted by Crippen LogP contribution is -2.28. The molecule has 1 N–H and O–H groups in total. The van der Waals surface area contributed by atoms with Gasteiger partial charge in [0.15, 0.2) is 0 Å². The zero-order chi connectivity index (χ0) is 12.7. The fourth-order valence-corrected chi connectivity index (χ4v) is 1.79. The minimum atomic E-state index is -1.28. The molecule has 0 fully saturated rings. The Morgan fingerprint density at radius 2 is 1.88 bits per heavy atom. The smallest absolute Gasteiger partial charge is 0.362 e. The van der Waals surface area contributed by atoms with Gasteiger partial charge in [0, 0.05) is 11.1 Å². The van der Waals surface area contributed by atoms with Crippen LogP contribution in [0.25, 0.3) is 5.76 Å². The number of hydrogen-bond acceptors (Lipinski definition) is 5. The summed E-state index contributed by atoms with van der Waals surface area (Å²) in [5.41, 5.74) is -0.509. The lowest BCUT2D eigenvalue weighted by Gasteiger charge is -2.14. The molecule has 0 radical (unpaired) electrons. The average Bonchev–Trinajstić information content (AvgIpc) is 2.25. The van der Waals surface area contributed by atoms with Crippen LogP contribution in [0.15, 0.2) is 23.9 Å². The summed E-state index contributed by atoms with van der Waals surface area (Å²) < 4.78 is 0. The largest absolute Gasteiger partial charge is 0.502 e. The van der Waals surface area contributed by atoms with Crippen molar-refractivity contribution in [1.29, 1.82) is 0 Å². The van der Waals surface area contributed by atoms with Crippen molar-refractivity contribution in [2.75, 3.05) is 0 Å². The lowest BCUT2D eigenvalue weighted by molar-refractivity contribution is -0.418. The number of carbonyl (C=O) groups excluding carboxylic acids is 2. The number of hydrogen-bond donors (Lipinski definition) is 1. The maximum Gasteiger partial charge on any atom is 0.362 e. The van der Waals surface area contributed by atoms with E-state index < -0.39 is 27.9 Å². The highest BCUT2D eigenvalue weighted by molar-refractivity contribution is 6.51. The molecule has 0 atom stereocenters. The van der Waals surface area contributed by atoms with Crippen LogP contribution in [0.5, 0.6) is 0 Å². The monoisotopic (exact) mass is 233 g/mol. The van der Waals surface area contributed by atoms with Crippen LogP contribution in [0.1, 0.15) is 21.5 Å². The molecule has 0 bridgehead atoms. The van der Waals surface area contributed by atoms with Gasteiger partial charge < -0.3 is 5.11 Å². The number of fused-ring (bicyclic) bond motifs is 1.